The summed E-state index contributed by atoms with van der Waals surface area (Å²) in [6.07, 6.45) is 0. The van der Waals surface area contributed by atoms with Crippen LogP contribution in [0.1, 0.15) is 22.2 Å². The van der Waals surface area contributed by atoms with Gasteiger partial charge in [0.1, 0.15) is 11.4 Å². The Morgan fingerprint density at radius 2 is 1.75 bits per heavy atom. The standard InChI is InChI=1S/C25H15ClFNO4/c26-16-10-8-14(9-11-16)22-21(23(29)20-12-15-4-1-2-7-19(15)32-20)24(30)25(31)28(22)18-6-3-5-17(27)13-18/h1-13,22,30H. The summed E-state index contributed by atoms with van der Waals surface area (Å²) in [4.78, 5) is 27.7. The number of nitrogens with zero attached hydrogens (tertiary/aromatic N) is 1. The highest BCUT2D eigenvalue weighted by atomic mass is 35.5. The molecule has 0 saturated heterocycles. The average molecular weight is 448 g/mol. The maximum Gasteiger partial charge on any atom is 0.294 e. The number of benzene rings is 3. The fourth-order valence-corrected chi connectivity index (χ4v) is 4.04. The van der Waals surface area contributed by atoms with Crippen molar-refractivity contribution < 1.29 is 23.5 Å². The number of ketones is 1. The Kier molecular flexibility index (Phi) is 4.79. The molecule has 4 aromatic rings. The Bertz CT molecular complexity index is 1370. The summed E-state index contributed by atoms with van der Waals surface area (Å²) < 4.78 is 19.6. The second-order valence-electron chi connectivity index (χ2n) is 7.35. The topological polar surface area (TPSA) is 70.8 Å². The van der Waals surface area contributed by atoms with Crippen molar-refractivity contribution in [3.8, 4) is 0 Å². The molecule has 32 heavy (non-hydrogen) atoms. The lowest BCUT2D eigenvalue weighted by molar-refractivity contribution is -0.117. The van der Waals surface area contributed by atoms with E-state index in [-0.39, 0.29) is 17.0 Å². The third kappa shape index (κ3) is 3.25. The van der Waals surface area contributed by atoms with Crippen LogP contribution in [-0.4, -0.2) is 16.8 Å². The largest absolute Gasteiger partial charge is 0.503 e. The van der Waals surface area contributed by atoms with Gasteiger partial charge >= 0.3 is 0 Å². The lowest BCUT2D eigenvalue weighted by Gasteiger charge is -2.26. The number of hydrogen-bond donors (Lipinski definition) is 1. The molecule has 5 nitrogen and oxygen atoms in total. The second-order valence-corrected chi connectivity index (χ2v) is 7.79. The molecule has 5 rings (SSSR count). The zero-order valence-corrected chi connectivity index (χ0v) is 17.2. The summed E-state index contributed by atoms with van der Waals surface area (Å²) in [7, 11) is 0. The molecule has 0 fully saturated rings. The molecule has 1 unspecified atom stereocenters. The first kappa shape index (κ1) is 20.0. The smallest absolute Gasteiger partial charge is 0.294 e. The Hall–Kier alpha value is -3.90. The summed E-state index contributed by atoms with van der Waals surface area (Å²) in [6, 6.07) is 19.6. The van der Waals surface area contributed by atoms with Crippen LogP contribution >= 0.6 is 11.6 Å². The molecule has 0 spiro atoms. The van der Waals surface area contributed by atoms with E-state index in [1.807, 2.05) is 6.07 Å². The van der Waals surface area contributed by atoms with E-state index < -0.39 is 29.3 Å². The van der Waals surface area contributed by atoms with Gasteiger partial charge in [-0.25, -0.2) is 4.39 Å². The maximum absolute atomic E-state index is 14.0. The maximum atomic E-state index is 14.0. The third-order valence-electron chi connectivity index (χ3n) is 5.37. The number of furan rings is 1. The quantitative estimate of drug-likeness (QED) is 0.389. The van der Waals surface area contributed by atoms with Crippen LogP contribution in [0.3, 0.4) is 0 Å². The van der Waals surface area contributed by atoms with E-state index in [2.05, 4.69) is 0 Å². The molecule has 0 radical (unpaired) electrons. The highest BCUT2D eigenvalue weighted by Gasteiger charge is 2.45. The molecule has 1 aliphatic rings. The first-order valence-corrected chi connectivity index (χ1v) is 10.1. The van der Waals surface area contributed by atoms with Crippen LogP contribution in [0.5, 0.6) is 0 Å². The third-order valence-corrected chi connectivity index (χ3v) is 5.63. The Morgan fingerprint density at radius 3 is 2.47 bits per heavy atom. The van der Waals surface area contributed by atoms with Crippen LogP contribution in [0.2, 0.25) is 5.02 Å². The number of carbonyl (C=O) groups is 2. The normalized spacial score (nSPS) is 16.2. The molecule has 1 aromatic heterocycles. The van der Waals surface area contributed by atoms with Gasteiger partial charge in [0, 0.05) is 16.1 Å². The number of Topliss-reactive ketones (excluding diaryl/α,β-unsaturated/α-hetero) is 1. The lowest BCUT2D eigenvalue weighted by Crippen LogP contribution is -2.31. The molecule has 1 aliphatic heterocycles. The van der Waals surface area contributed by atoms with Gasteiger partial charge in [0.2, 0.25) is 5.78 Å². The van der Waals surface area contributed by atoms with E-state index in [1.54, 1.807) is 48.5 Å². The molecule has 1 atom stereocenters. The summed E-state index contributed by atoms with van der Waals surface area (Å²) >= 11 is 6.02. The number of aliphatic hydroxyl groups is 1. The van der Waals surface area contributed by atoms with E-state index in [1.165, 1.54) is 29.2 Å². The molecule has 0 saturated carbocycles. The number of halogens is 2. The van der Waals surface area contributed by atoms with Crippen molar-refractivity contribution in [2.75, 3.05) is 4.90 Å². The summed E-state index contributed by atoms with van der Waals surface area (Å²) in [5.74, 6) is -2.72. The number of rotatable bonds is 4. The number of carbonyl (C=O) groups excluding carboxylic acids is 2. The van der Waals surface area contributed by atoms with Crippen LogP contribution < -0.4 is 4.90 Å². The molecule has 1 N–H and O–H groups in total. The molecule has 158 valence electrons. The zero-order chi connectivity index (χ0) is 22.4. The van der Waals surface area contributed by atoms with E-state index in [0.29, 0.717) is 21.6 Å². The number of amides is 1. The molecule has 2 heterocycles. The van der Waals surface area contributed by atoms with Crippen molar-refractivity contribution >= 4 is 39.9 Å². The minimum absolute atomic E-state index is 0.0133. The van der Waals surface area contributed by atoms with Gasteiger partial charge in [-0.3, -0.25) is 14.5 Å². The molecule has 0 aliphatic carbocycles. The number of para-hydroxylation sites is 1. The molecular formula is C25H15ClFNO4. The van der Waals surface area contributed by atoms with Gasteiger partial charge in [-0.05, 0) is 48.0 Å². The van der Waals surface area contributed by atoms with Gasteiger partial charge in [-0.15, -0.1) is 0 Å². The van der Waals surface area contributed by atoms with Crippen molar-refractivity contribution in [1.29, 1.82) is 0 Å². The summed E-state index contributed by atoms with van der Waals surface area (Å²) in [6.45, 7) is 0. The van der Waals surface area contributed by atoms with Crippen molar-refractivity contribution in [2.24, 2.45) is 0 Å². The van der Waals surface area contributed by atoms with E-state index in [4.69, 9.17) is 16.0 Å². The van der Waals surface area contributed by atoms with Crippen molar-refractivity contribution in [3.05, 3.63) is 112 Å². The first-order chi connectivity index (χ1) is 15.4. The molecule has 7 heteroatoms. The lowest BCUT2D eigenvalue weighted by atomic mass is 9.94. The zero-order valence-electron chi connectivity index (χ0n) is 16.5. The van der Waals surface area contributed by atoms with Crippen LogP contribution in [0.15, 0.2) is 94.6 Å². The van der Waals surface area contributed by atoms with Gasteiger partial charge in [0.25, 0.3) is 5.91 Å². The molecule has 1 amide bonds. The molecule has 3 aromatic carbocycles. The van der Waals surface area contributed by atoms with E-state index in [9.17, 15) is 19.1 Å². The number of aliphatic hydroxyl groups excluding tert-OH is 1. The van der Waals surface area contributed by atoms with Crippen LogP contribution in [0, 0.1) is 5.82 Å². The Balaban J connectivity index is 1.67. The predicted octanol–water partition coefficient (Wildman–Crippen LogP) is 6.01. The summed E-state index contributed by atoms with van der Waals surface area (Å²) in [5.41, 5.74) is 1.08. The van der Waals surface area contributed by atoms with Crippen LogP contribution in [-0.2, 0) is 4.79 Å². The minimum atomic E-state index is -0.998. The first-order valence-electron chi connectivity index (χ1n) is 9.75. The molecular weight excluding hydrogens is 433 g/mol. The van der Waals surface area contributed by atoms with Gasteiger partial charge < -0.3 is 9.52 Å². The number of anilines is 1. The van der Waals surface area contributed by atoms with Crippen LogP contribution in [0.4, 0.5) is 10.1 Å². The number of hydrogen-bond acceptors (Lipinski definition) is 4. The highest BCUT2D eigenvalue weighted by molar-refractivity contribution is 6.30. The van der Waals surface area contributed by atoms with Gasteiger partial charge in [-0.2, -0.15) is 0 Å². The van der Waals surface area contributed by atoms with Crippen molar-refractivity contribution in [3.63, 3.8) is 0 Å². The second kappa shape index (κ2) is 7.66. The predicted molar refractivity (Wildman–Crippen MR) is 118 cm³/mol. The number of fused-ring (bicyclic) bond motifs is 1. The van der Waals surface area contributed by atoms with Crippen molar-refractivity contribution in [2.45, 2.75) is 6.04 Å². The molecule has 0 bridgehead atoms. The minimum Gasteiger partial charge on any atom is -0.503 e. The van der Waals surface area contributed by atoms with E-state index >= 15 is 0 Å². The van der Waals surface area contributed by atoms with Crippen LogP contribution in [0.25, 0.3) is 11.0 Å². The van der Waals surface area contributed by atoms with E-state index in [0.717, 1.165) is 0 Å². The van der Waals surface area contributed by atoms with Gasteiger partial charge in [-0.1, -0.05) is 48.0 Å². The van der Waals surface area contributed by atoms with Crippen molar-refractivity contribution in [1.82, 2.24) is 0 Å². The monoisotopic (exact) mass is 447 g/mol. The fourth-order valence-electron chi connectivity index (χ4n) is 3.92. The highest BCUT2D eigenvalue weighted by Crippen LogP contribution is 2.42. The SMILES string of the molecule is O=C(C1=C(O)C(=O)N(c2cccc(F)c2)C1c1ccc(Cl)cc1)c1cc2ccccc2o1. The van der Waals surface area contributed by atoms with Gasteiger partial charge in [0.15, 0.2) is 11.5 Å². The average Bonchev–Trinajstić information content (AvgIpc) is 3.33. The Morgan fingerprint density at radius 1 is 1.00 bits per heavy atom. The Labute approximate surface area is 186 Å². The summed E-state index contributed by atoms with van der Waals surface area (Å²) in [5, 5.41) is 11.9. The fraction of sp³-hybridized carbons (Fsp3) is 0.0400. The van der Waals surface area contributed by atoms with Gasteiger partial charge in [0.05, 0.1) is 11.6 Å².